The lowest BCUT2D eigenvalue weighted by atomic mass is 9.96. The summed E-state index contributed by atoms with van der Waals surface area (Å²) in [6.45, 7) is 14.5. The van der Waals surface area contributed by atoms with Crippen LogP contribution in [0.2, 0.25) is 5.02 Å². The highest BCUT2D eigenvalue weighted by Gasteiger charge is 2.40. The van der Waals surface area contributed by atoms with E-state index < -0.39 is 28.1 Å². The first-order chi connectivity index (χ1) is 34.2. The second-order valence-electron chi connectivity index (χ2n) is 17.6. The van der Waals surface area contributed by atoms with Gasteiger partial charge in [0.25, 0.3) is 0 Å². The highest BCUT2D eigenvalue weighted by molar-refractivity contribution is 8.00. The molecule has 3 heterocycles. The molecule has 2 fully saturated rings. The van der Waals surface area contributed by atoms with Gasteiger partial charge in [0.1, 0.15) is 5.82 Å². The smallest absolute Gasteiger partial charge is 0.475 e. The van der Waals surface area contributed by atoms with E-state index in [4.69, 9.17) is 11.6 Å². The molecule has 0 bridgehead atoms. The van der Waals surface area contributed by atoms with Crippen molar-refractivity contribution in [2.24, 2.45) is 0 Å². The maximum Gasteiger partial charge on any atom is 0.475 e. The number of alkyl halides is 3. The topological polar surface area (TPSA) is 96.3 Å². The third-order valence-corrected chi connectivity index (χ3v) is 16.5. The molecular formula is C53H58ClF4N7O3S3. The standard InChI is InChI=1S/C53H58ClF4N7O3S3/c1-4-61-23-25-62(26-24-61)22-21-42(35-69-45-9-7-6-8-10-45)59-47-20-19-46(34-48(47)71(68)53(56,57)58)70-60-41-15-17-43(18-16-41)63-27-29-64(30-28-63)44-32-38(31-40(55)33-44)50-49(52(66)67)36(3)65(5-2)51(50)37-11-13-39(54)14-12-37/h6-20,31-34,42,59-60H,4-5,21-30,35H2,1-3H3,(H,66,67). The third-order valence-electron chi connectivity index (χ3n) is 13.1. The Kier molecular flexibility index (Phi) is 17.3. The second kappa shape index (κ2) is 23.6. The molecule has 5 aromatic carbocycles. The Hall–Kier alpha value is -5.17. The molecule has 6 aromatic rings. The molecule has 1 aromatic heterocycles. The molecular weight excluding hydrogens is 990 g/mol. The van der Waals surface area contributed by atoms with Crippen molar-refractivity contribution in [2.45, 2.75) is 60.0 Å². The van der Waals surface area contributed by atoms with Crippen molar-refractivity contribution in [3.8, 4) is 22.4 Å². The van der Waals surface area contributed by atoms with E-state index in [1.807, 2.05) is 84.3 Å². The van der Waals surface area contributed by atoms with Crippen molar-refractivity contribution in [3.05, 3.63) is 137 Å². The van der Waals surface area contributed by atoms with Gasteiger partial charge in [-0.25, -0.2) is 13.4 Å². The van der Waals surface area contributed by atoms with Crippen LogP contribution in [0.3, 0.4) is 0 Å². The minimum Gasteiger partial charge on any atom is -0.478 e. The number of anilines is 4. The molecule has 2 saturated heterocycles. The molecule has 71 heavy (non-hydrogen) atoms. The normalized spacial score (nSPS) is 15.7. The number of thioether (sulfide) groups is 1. The van der Waals surface area contributed by atoms with Crippen molar-refractivity contribution >= 4 is 74.8 Å². The van der Waals surface area contributed by atoms with E-state index in [0.717, 1.165) is 73.1 Å². The minimum atomic E-state index is -4.95. The number of likely N-dealkylation sites (N-methyl/N-ethyl adjacent to an activating group) is 1. The summed E-state index contributed by atoms with van der Waals surface area (Å²) in [5.41, 5.74) is 0.711. The van der Waals surface area contributed by atoms with Gasteiger partial charge in [-0.15, -0.1) is 11.8 Å². The molecule has 0 aliphatic carbocycles. The van der Waals surface area contributed by atoms with E-state index in [0.29, 0.717) is 83.0 Å². The third kappa shape index (κ3) is 12.9. The number of hydrogen-bond acceptors (Lipinski definition) is 10. The predicted octanol–water partition coefficient (Wildman–Crippen LogP) is 12.3. The zero-order valence-corrected chi connectivity index (χ0v) is 43.1. The number of nitrogens with zero attached hydrogens (tertiary/aromatic N) is 5. The highest BCUT2D eigenvalue weighted by Crippen LogP contribution is 2.42. The van der Waals surface area contributed by atoms with Gasteiger partial charge >= 0.3 is 11.5 Å². The second-order valence-corrected chi connectivity index (χ2v) is 21.4. The number of piperazine rings is 2. The van der Waals surface area contributed by atoms with Crippen LogP contribution >= 0.6 is 35.3 Å². The van der Waals surface area contributed by atoms with Gasteiger partial charge in [-0.3, -0.25) is 0 Å². The van der Waals surface area contributed by atoms with Gasteiger partial charge in [0.05, 0.1) is 21.8 Å². The van der Waals surface area contributed by atoms with E-state index in [1.165, 1.54) is 18.2 Å². The Morgan fingerprint density at radius 1 is 0.775 bits per heavy atom. The summed E-state index contributed by atoms with van der Waals surface area (Å²) >= 11 is 9.00. The Bertz CT molecular complexity index is 2790. The Morgan fingerprint density at radius 3 is 2.07 bits per heavy atom. The molecule has 8 rings (SSSR count). The summed E-state index contributed by atoms with van der Waals surface area (Å²) in [5.74, 6) is -0.939. The molecule has 3 N–H and O–H groups in total. The van der Waals surface area contributed by atoms with Gasteiger partial charge < -0.3 is 39.3 Å². The summed E-state index contributed by atoms with van der Waals surface area (Å²) < 4.78 is 76.4. The van der Waals surface area contributed by atoms with Crippen LogP contribution in [0.25, 0.3) is 22.4 Å². The number of carboxylic acids is 1. The summed E-state index contributed by atoms with van der Waals surface area (Å²) in [6, 6.07) is 34.1. The molecule has 2 unspecified atom stereocenters. The maximum atomic E-state index is 15.6. The number of rotatable bonds is 19. The van der Waals surface area contributed by atoms with E-state index >= 15 is 4.39 Å². The van der Waals surface area contributed by atoms with Crippen LogP contribution in [0.15, 0.2) is 130 Å². The van der Waals surface area contributed by atoms with Gasteiger partial charge in [0.15, 0.2) is 10.8 Å². The van der Waals surface area contributed by atoms with Crippen LogP contribution in [-0.2, 0) is 17.3 Å². The van der Waals surface area contributed by atoms with E-state index in [-0.39, 0.29) is 22.2 Å². The predicted molar refractivity (Wildman–Crippen MR) is 285 cm³/mol. The fraction of sp³-hybridized carbons (Fsp3) is 0.340. The average molecular weight is 1050 g/mol. The van der Waals surface area contributed by atoms with Gasteiger partial charge in [0, 0.05) is 120 Å². The molecule has 0 amide bonds. The van der Waals surface area contributed by atoms with Crippen LogP contribution in [0, 0.1) is 12.7 Å². The molecule has 2 aliphatic heterocycles. The van der Waals surface area contributed by atoms with E-state index in [2.05, 4.69) is 36.6 Å². The molecule has 0 spiro atoms. The molecule has 18 heteroatoms. The number of benzene rings is 5. The maximum absolute atomic E-state index is 15.6. The van der Waals surface area contributed by atoms with Crippen LogP contribution in [0.4, 0.5) is 40.3 Å². The van der Waals surface area contributed by atoms with Gasteiger partial charge in [-0.1, -0.05) is 48.9 Å². The minimum absolute atomic E-state index is 0.128. The molecule has 2 aliphatic rings. The largest absolute Gasteiger partial charge is 0.478 e. The first-order valence-electron chi connectivity index (χ1n) is 23.8. The summed E-state index contributed by atoms with van der Waals surface area (Å²) in [6.07, 6.45) is 0.709. The number of carboxylic acid groups (broad SMARTS) is 1. The quantitative estimate of drug-likeness (QED) is 0.0411. The molecule has 0 radical (unpaired) electrons. The molecule has 376 valence electrons. The van der Waals surface area contributed by atoms with Crippen molar-refractivity contribution < 1.29 is 31.7 Å². The van der Waals surface area contributed by atoms with Crippen LogP contribution < -0.4 is 19.8 Å². The van der Waals surface area contributed by atoms with E-state index in [9.17, 15) is 27.3 Å². The lowest BCUT2D eigenvalue weighted by molar-refractivity contribution is -0.0384. The van der Waals surface area contributed by atoms with Gasteiger partial charge in [-0.2, -0.15) is 13.2 Å². The SMILES string of the molecule is CCN1CCN(CCC(CSc2ccccc2)Nc2ccc(SNc3ccc(N4CCN(c5cc(F)cc(-c6c(C(=O)O)c(C)n(CC)c6-c6ccc(Cl)cc6)c5)CC4)cc3)cc2S(=O)C(F)(F)F)CC1. The van der Waals surface area contributed by atoms with E-state index in [1.54, 1.807) is 43.0 Å². The van der Waals surface area contributed by atoms with Gasteiger partial charge in [0.2, 0.25) is 0 Å². The van der Waals surface area contributed by atoms with Crippen molar-refractivity contribution in [2.75, 3.05) is 91.0 Å². The monoisotopic (exact) mass is 1050 g/mol. The Labute approximate surface area is 429 Å². The average Bonchev–Trinajstić information content (AvgIpc) is 3.68. The number of nitrogens with one attached hydrogen (secondary N) is 2. The lowest BCUT2D eigenvalue weighted by Gasteiger charge is -2.37. The fourth-order valence-electron chi connectivity index (χ4n) is 9.33. The Balaban J connectivity index is 0.924. The first-order valence-corrected chi connectivity index (χ1v) is 27.1. The fourth-order valence-corrected chi connectivity index (χ4v) is 12.0. The van der Waals surface area contributed by atoms with Crippen LogP contribution in [0.1, 0.15) is 36.3 Å². The van der Waals surface area contributed by atoms with Crippen LogP contribution in [-0.4, -0.2) is 112 Å². The zero-order valence-electron chi connectivity index (χ0n) is 39.9. The van der Waals surface area contributed by atoms with Gasteiger partial charge in [-0.05, 0) is 135 Å². The van der Waals surface area contributed by atoms with Crippen molar-refractivity contribution in [1.82, 2.24) is 14.4 Å². The number of hydrogen-bond donors (Lipinski definition) is 3. The number of carbonyl (C=O) groups is 1. The van der Waals surface area contributed by atoms with Crippen molar-refractivity contribution in [1.29, 1.82) is 0 Å². The summed E-state index contributed by atoms with van der Waals surface area (Å²) in [5, 5.41) is 14.4. The highest BCUT2D eigenvalue weighted by atomic mass is 35.5. The summed E-state index contributed by atoms with van der Waals surface area (Å²) in [7, 11) is -3.26. The van der Waals surface area contributed by atoms with Crippen LogP contribution in [0.5, 0.6) is 0 Å². The number of halogens is 5. The molecule has 0 saturated carbocycles. The number of aromatic nitrogens is 1. The Morgan fingerprint density at radius 2 is 1.44 bits per heavy atom. The first kappa shape index (κ1) is 52.2. The summed E-state index contributed by atoms with van der Waals surface area (Å²) in [4.78, 5) is 23.1. The lowest BCUT2D eigenvalue weighted by Crippen LogP contribution is -2.47. The number of aromatic carboxylic acids is 1. The van der Waals surface area contributed by atoms with Crippen molar-refractivity contribution in [3.63, 3.8) is 0 Å². The molecule has 2 atom stereocenters. The zero-order chi connectivity index (χ0) is 50.2. The molecule has 10 nitrogen and oxygen atoms in total.